The van der Waals surface area contributed by atoms with Crippen molar-refractivity contribution in [1.29, 1.82) is 0 Å². The molecule has 2 aliphatic carbocycles. The summed E-state index contributed by atoms with van der Waals surface area (Å²) in [6.07, 6.45) is 23.7. The molecule has 102 valence electrons. The van der Waals surface area contributed by atoms with Gasteiger partial charge in [-0.15, -0.1) is 0 Å². The summed E-state index contributed by atoms with van der Waals surface area (Å²) < 4.78 is 3.22. The molecule has 2 aliphatic rings. The first-order valence-corrected chi connectivity index (χ1v) is 12.2. The molecule has 2 heteroatoms. The quantitative estimate of drug-likeness (QED) is 0.476. The Morgan fingerprint density at radius 1 is 0.667 bits per heavy atom. The molecule has 18 heavy (non-hydrogen) atoms. The molecule has 0 aliphatic heterocycles. The first-order chi connectivity index (χ1) is 8.88. The van der Waals surface area contributed by atoms with Gasteiger partial charge in [0.1, 0.15) is 0 Å². The maximum absolute atomic E-state index is 6.87. The average molecular weight is 442 g/mol. The average Bonchev–Trinajstić information content (AvgIpc) is 2.27. The van der Waals surface area contributed by atoms with Crippen molar-refractivity contribution < 1.29 is 15.5 Å². The number of hydrogen-bond donors (Lipinski definition) is 0. The van der Waals surface area contributed by atoms with Crippen LogP contribution in [-0.4, -0.2) is 0 Å². The monoisotopic (exact) mass is 442 g/mol. The van der Waals surface area contributed by atoms with Gasteiger partial charge in [0.15, 0.2) is 0 Å². The van der Waals surface area contributed by atoms with E-state index in [2.05, 4.69) is 36.5 Å². The molecule has 0 bridgehead atoms. The fourth-order valence-electron chi connectivity index (χ4n) is 2.17. The molecule has 0 aromatic heterocycles. The van der Waals surface area contributed by atoms with Crippen LogP contribution in [0.5, 0.6) is 0 Å². The Kier molecular flexibility index (Phi) is 6.48. The Bertz CT molecular complexity index is 341. The zero-order chi connectivity index (χ0) is 12.6. The SMILES string of the molecule is [Cl][Ir]([C]1=CCCC=CCC1)[C]1=CCCC=CCC1. The van der Waals surface area contributed by atoms with Gasteiger partial charge in [-0.05, 0) is 0 Å². The van der Waals surface area contributed by atoms with Gasteiger partial charge in [0, 0.05) is 0 Å². The molecule has 0 saturated heterocycles. The summed E-state index contributed by atoms with van der Waals surface area (Å²) >= 11 is -1.63. The van der Waals surface area contributed by atoms with E-state index in [1.54, 1.807) is 8.17 Å². The van der Waals surface area contributed by atoms with E-state index in [-0.39, 0.29) is 0 Å². The van der Waals surface area contributed by atoms with Crippen LogP contribution in [0.4, 0.5) is 0 Å². The predicted molar refractivity (Wildman–Crippen MR) is 77.2 cm³/mol. The number of halogens is 1. The Morgan fingerprint density at radius 2 is 1.11 bits per heavy atom. The molecule has 0 unspecified atom stereocenters. The molecule has 0 N–H and O–H groups in total. The van der Waals surface area contributed by atoms with Crippen molar-refractivity contribution in [3.05, 3.63) is 44.6 Å². The molecule has 0 saturated carbocycles. The van der Waals surface area contributed by atoms with Crippen LogP contribution in [0.1, 0.15) is 51.4 Å². The van der Waals surface area contributed by atoms with E-state index in [9.17, 15) is 0 Å². The van der Waals surface area contributed by atoms with Gasteiger partial charge >= 0.3 is 121 Å². The van der Waals surface area contributed by atoms with Crippen molar-refractivity contribution in [2.75, 3.05) is 0 Å². The molecule has 0 aromatic rings. The molecular weight excluding hydrogens is 420 g/mol. The van der Waals surface area contributed by atoms with E-state index in [0.29, 0.717) is 0 Å². The summed E-state index contributed by atoms with van der Waals surface area (Å²) in [6.45, 7) is 0. The second kappa shape index (κ2) is 8.15. The Morgan fingerprint density at radius 3 is 1.61 bits per heavy atom. The summed E-state index contributed by atoms with van der Waals surface area (Å²) in [5, 5.41) is 0. The Balaban J connectivity index is 2.02. The molecule has 0 spiro atoms. The van der Waals surface area contributed by atoms with E-state index in [0.717, 1.165) is 0 Å². The van der Waals surface area contributed by atoms with E-state index in [1.165, 1.54) is 51.4 Å². The number of rotatable bonds is 2. The van der Waals surface area contributed by atoms with E-state index >= 15 is 0 Å². The van der Waals surface area contributed by atoms with Crippen LogP contribution in [0.15, 0.2) is 44.6 Å². The fraction of sp³-hybridized carbons (Fsp3) is 0.500. The van der Waals surface area contributed by atoms with Crippen LogP contribution in [0.25, 0.3) is 0 Å². The van der Waals surface area contributed by atoms with E-state index < -0.39 is 15.5 Å². The second-order valence-electron chi connectivity index (χ2n) is 4.63. The summed E-state index contributed by atoms with van der Waals surface area (Å²) in [6, 6.07) is 0. The van der Waals surface area contributed by atoms with Crippen LogP contribution >= 0.6 is 9.58 Å². The van der Waals surface area contributed by atoms with Crippen molar-refractivity contribution >= 4 is 9.58 Å². The molecule has 0 radical (unpaired) electrons. The molecule has 2 rings (SSSR count). The van der Waals surface area contributed by atoms with Gasteiger partial charge in [0.25, 0.3) is 0 Å². The van der Waals surface area contributed by atoms with Gasteiger partial charge in [-0.25, -0.2) is 0 Å². The van der Waals surface area contributed by atoms with Gasteiger partial charge in [-0.3, -0.25) is 0 Å². The fourth-order valence-corrected chi connectivity index (χ4v) is 8.32. The van der Waals surface area contributed by atoms with E-state index in [1.807, 2.05) is 0 Å². The van der Waals surface area contributed by atoms with Gasteiger partial charge in [0.2, 0.25) is 0 Å². The van der Waals surface area contributed by atoms with Crippen molar-refractivity contribution in [3.8, 4) is 0 Å². The van der Waals surface area contributed by atoms with Gasteiger partial charge in [-0.1, -0.05) is 0 Å². The second-order valence-corrected chi connectivity index (χ2v) is 11.3. The first kappa shape index (κ1) is 14.3. The van der Waals surface area contributed by atoms with E-state index in [4.69, 9.17) is 9.58 Å². The number of hydrogen-bond acceptors (Lipinski definition) is 0. The summed E-state index contributed by atoms with van der Waals surface area (Å²) in [7, 11) is 6.87. The van der Waals surface area contributed by atoms with Crippen LogP contribution in [0.2, 0.25) is 0 Å². The van der Waals surface area contributed by atoms with Crippen molar-refractivity contribution in [2.24, 2.45) is 0 Å². The Hall–Kier alpha value is -0.101. The predicted octanol–water partition coefficient (Wildman–Crippen LogP) is 5.79. The molecule has 0 amide bonds. The third-order valence-corrected chi connectivity index (χ3v) is 10.7. The molecule has 0 aromatic carbocycles. The van der Waals surface area contributed by atoms with Crippen molar-refractivity contribution in [3.63, 3.8) is 0 Å². The molecule has 0 fully saturated rings. The minimum atomic E-state index is -1.63. The van der Waals surface area contributed by atoms with Gasteiger partial charge in [-0.2, -0.15) is 0 Å². The summed E-state index contributed by atoms with van der Waals surface area (Å²) in [5.41, 5.74) is 0. The van der Waals surface area contributed by atoms with Crippen LogP contribution in [-0.2, 0) is 15.5 Å². The van der Waals surface area contributed by atoms with Gasteiger partial charge < -0.3 is 0 Å². The zero-order valence-corrected chi connectivity index (χ0v) is 14.0. The van der Waals surface area contributed by atoms with Crippen molar-refractivity contribution in [1.82, 2.24) is 0 Å². The van der Waals surface area contributed by atoms with Crippen LogP contribution in [0, 0.1) is 0 Å². The third-order valence-electron chi connectivity index (χ3n) is 3.17. The standard InChI is InChI=1S/2C8H11.ClH.Ir/c2*1-2-4-6-8-7-5-3-1;;/h2*1-2,7H,3-6H2;1H;/q;;;+1/p-1. The normalized spacial score (nSPS) is 22.2. The topological polar surface area (TPSA) is 0 Å². The first-order valence-electron chi connectivity index (χ1n) is 6.86. The maximum atomic E-state index is 6.87. The van der Waals surface area contributed by atoms with Gasteiger partial charge in [0.05, 0.1) is 0 Å². The molecular formula is C16H22ClIr. The minimum absolute atomic E-state index is 1.18. The van der Waals surface area contributed by atoms with Crippen molar-refractivity contribution in [2.45, 2.75) is 51.4 Å². The third kappa shape index (κ3) is 4.53. The molecule has 0 nitrogen and oxygen atoms in total. The molecule has 0 atom stereocenters. The zero-order valence-electron chi connectivity index (χ0n) is 10.8. The van der Waals surface area contributed by atoms with Crippen LogP contribution in [0.3, 0.4) is 0 Å². The molecule has 0 heterocycles. The number of allylic oxidation sites excluding steroid dienone is 8. The summed E-state index contributed by atoms with van der Waals surface area (Å²) in [5.74, 6) is 0. The van der Waals surface area contributed by atoms with Crippen LogP contribution < -0.4 is 0 Å². The summed E-state index contributed by atoms with van der Waals surface area (Å²) in [4.78, 5) is 0. The Labute approximate surface area is 121 Å².